The summed E-state index contributed by atoms with van der Waals surface area (Å²) in [7, 11) is 0. The van der Waals surface area contributed by atoms with Gasteiger partial charge in [-0.15, -0.1) is 0 Å². The lowest BCUT2D eigenvalue weighted by Gasteiger charge is -2.12. The van der Waals surface area contributed by atoms with Gasteiger partial charge in [0, 0.05) is 17.6 Å². The zero-order valence-electron chi connectivity index (χ0n) is 11.8. The Bertz CT molecular complexity index is 586. The molecule has 0 fully saturated rings. The number of benzene rings is 2. The minimum absolute atomic E-state index is 0.0162. The summed E-state index contributed by atoms with van der Waals surface area (Å²) in [4.78, 5) is 11.8. The van der Waals surface area contributed by atoms with Crippen molar-refractivity contribution in [2.75, 3.05) is 6.54 Å². The van der Waals surface area contributed by atoms with Crippen LogP contribution in [0.1, 0.15) is 23.6 Å². The third kappa shape index (κ3) is 5.21. The Labute approximate surface area is 130 Å². The van der Waals surface area contributed by atoms with E-state index in [0.717, 1.165) is 11.1 Å². The topological polar surface area (TPSA) is 55.1 Å². The van der Waals surface area contributed by atoms with E-state index in [1.807, 2.05) is 42.5 Å². The molecule has 4 heteroatoms. The second kappa shape index (κ2) is 7.81. The van der Waals surface area contributed by atoms with Crippen LogP contribution in [-0.2, 0) is 11.2 Å². The lowest BCUT2D eigenvalue weighted by Crippen LogP contribution is -2.28. The molecule has 2 rings (SSSR count). The van der Waals surface area contributed by atoms with Crippen molar-refractivity contribution in [2.45, 2.75) is 18.9 Å². The lowest BCUT2D eigenvalue weighted by atomic mass is 10.0. The number of hydrogen-bond donors (Lipinski definition) is 2. The fourth-order valence-corrected chi connectivity index (χ4v) is 2.34. The van der Waals surface area contributed by atoms with Crippen LogP contribution in [0, 0.1) is 0 Å². The van der Waals surface area contributed by atoms with Gasteiger partial charge >= 0.3 is 0 Å². The van der Waals surface area contributed by atoms with E-state index in [-0.39, 0.29) is 11.9 Å². The Kier molecular flexibility index (Phi) is 5.78. The molecule has 0 aromatic heterocycles. The molecule has 0 radical (unpaired) electrons. The molecule has 1 atom stereocenters. The highest BCUT2D eigenvalue weighted by atomic mass is 35.5. The van der Waals surface area contributed by atoms with Crippen LogP contribution in [0.5, 0.6) is 0 Å². The summed E-state index contributed by atoms with van der Waals surface area (Å²) < 4.78 is 0. The number of halogens is 1. The highest BCUT2D eigenvalue weighted by Gasteiger charge is 2.07. The monoisotopic (exact) mass is 302 g/mol. The van der Waals surface area contributed by atoms with Crippen LogP contribution in [-0.4, -0.2) is 12.5 Å². The SMILES string of the molecule is NC(CCNC(=O)Cc1cccc(Cl)c1)c1ccccc1. The Morgan fingerprint density at radius 1 is 1.14 bits per heavy atom. The number of rotatable bonds is 6. The minimum atomic E-state index is -0.0577. The van der Waals surface area contributed by atoms with E-state index in [1.54, 1.807) is 12.1 Å². The van der Waals surface area contributed by atoms with Crippen LogP contribution in [0.2, 0.25) is 5.02 Å². The summed E-state index contributed by atoms with van der Waals surface area (Å²) in [6, 6.07) is 17.2. The van der Waals surface area contributed by atoms with Crippen LogP contribution >= 0.6 is 11.6 Å². The van der Waals surface area contributed by atoms with Gasteiger partial charge in [-0.3, -0.25) is 4.79 Å². The normalized spacial score (nSPS) is 11.9. The number of carbonyl (C=O) groups is 1. The van der Waals surface area contributed by atoms with Crippen molar-refractivity contribution in [3.05, 3.63) is 70.7 Å². The number of hydrogen-bond acceptors (Lipinski definition) is 2. The molecule has 0 saturated heterocycles. The minimum Gasteiger partial charge on any atom is -0.356 e. The van der Waals surface area contributed by atoms with Gasteiger partial charge in [-0.05, 0) is 29.7 Å². The maximum atomic E-state index is 11.8. The Hall–Kier alpha value is -1.84. The van der Waals surface area contributed by atoms with Gasteiger partial charge in [-0.1, -0.05) is 54.1 Å². The molecule has 2 aromatic rings. The average molecular weight is 303 g/mol. The van der Waals surface area contributed by atoms with Gasteiger partial charge in [0.25, 0.3) is 0 Å². The standard InChI is InChI=1S/C17H19ClN2O/c18-15-8-4-5-13(11-15)12-17(21)20-10-9-16(19)14-6-2-1-3-7-14/h1-8,11,16H,9-10,12,19H2,(H,20,21). The van der Waals surface area contributed by atoms with E-state index >= 15 is 0 Å². The zero-order chi connectivity index (χ0) is 15.1. The molecule has 110 valence electrons. The largest absolute Gasteiger partial charge is 0.356 e. The maximum absolute atomic E-state index is 11.8. The van der Waals surface area contributed by atoms with Gasteiger partial charge in [0.15, 0.2) is 0 Å². The summed E-state index contributed by atoms with van der Waals surface area (Å²) in [5.41, 5.74) is 8.08. The third-order valence-electron chi connectivity index (χ3n) is 3.26. The molecular formula is C17H19ClN2O. The van der Waals surface area contributed by atoms with E-state index in [4.69, 9.17) is 17.3 Å². The van der Waals surface area contributed by atoms with Crippen LogP contribution < -0.4 is 11.1 Å². The van der Waals surface area contributed by atoms with Crippen molar-refractivity contribution in [3.8, 4) is 0 Å². The highest BCUT2D eigenvalue weighted by Crippen LogP contribution is 2.13. The summed E-state index contributed by atoms with van der Waals surface area (Å²) in [5.74, 6) is -0.0162. The number of nitrogens with two attached hydrogens (primary N) is 1. The smallest absolute Gasteiger partial charge is 0.224 e. The first-order valence-electron chi connectivity index (χ1n) is 6.97. The Morgan fingerprint density at radius 3 is 2.62 bits per heavy atom. The quantitative estimate of drug-likeness (QED) is 0.861. The molecule has 1 unspecified atom stereocenters. The summed E-state index contributed by atoms with van der Waals surface area (Å²) in [5, 5.41) is 3.53. The molecule has 0 bridgehead atoms. The highest BCUT2D eigenvalue weighted by molar-refractivity contribution is 6.30. The first-order chi connectivity index (χ1) is 10.1. The van der Waals surface area contributed by atoms with Crippen LogP contribution in [0.15, 0.2) is 54.6 Å². The van der Waals surface area contributed by atoms with Crippen LogP contribution in [0.25, 0.3) is 0 Å². The Morgan fingerprint density at radius 2 is 1.90 bits per heavy atom. The van der Waals surface area contributed by atoms with E-state index in [0.29, 0.717) is 24.4 Å². The summed E-state index contributed by atoms with van der Waals surface area (Å²) in [6.07, 6.45) is 1.05. The molecule has 0 aliphatic heterocycles. The van der Waals surface area contributed by atoms with Gasteiger partial charge in [-0.25, -0.2) is 0 Å². The molecule has 0 aliphatic carbocycles. The van der Waals surface area contributed by atoms with Crippen molar-refractivity contribution >= 4 is 17.5 Å². The molecule has 0 spiro atoms. The fourth-order valence-electron chi connectivity index (χ4n) is 2.13. The second-order valence-electron chi connectivity index (χ2n) is 4.96. The van der Waals surface area contributed by atoms with Crippen molar-refractivity contribution in [2.24, 2.45) is 5.73 Å². The average Bonchev–Trinajstić information content (AvgIpc) is 2.48. The molecule has 21 heavy (non-hydrogen) atoms. The van der Waals surface area contributed by atoms with E-state index in [1.165, 1.54) is 0 Å². The number of amides is 1. The lowest BCUT2D eigenvalue weighted by molar-refractivity contribution is -0.120. The molecule has 2 aromatic carbocycles. The molecule has 0 saturated carbocycles. The molecule has 0 aliphatic rings. The second-order valence-corrected chi connectivity index (χ2v) is 5.40. The molecule has 3 nitrogen and oxygen atoms in total. The van der Waals surface area contributed by atoms with Crippen LogP contribution in [0.4, 0.5) is 0 Å². The molecular weight excluding hydrogens is 284 g/mol. The van der Waals surface area contributed by atoms with Gasteiger partial charge < -0.3 is 11.1 Å². The van der Waals surface area contributed by atoms with Crippen molar-refractivity contribution in [1.82, 2.24) is 5.32 Å². The van der Waals surface area contributed by atoms with Gasteiger partial charge in [0.05, 0.1) is 6.42 Å². The third-order valence-corrected chi connectivity index (χ3v) is 3.49. The van der Waals surface area contributed by atoms with Crippen molar-refractivity contribution in [3.63, 3.8) is 0 Å². The summed E-state index contributed by atoms with van der Waals surface area (Å²) in [6.45, 7) is 0.565. The first kappa shape index (κ1) is 15.5. The van der Waals surface area contributed by atoms with E-state index in [9.17, 15) is 4.79 Å². The van der Waals surface area contributed by atoms with E-state index in [2.05, 4.69) is 5.32 Å². The fraction of sp³-hybridized carbons (Fsp3) is 0.235. The van der Waals surface area contributed by atoms with Crippen molar-refractivity contribution in [1.29, 1.82) is 0 Å². The first-order valence-corrected chi connectivity index (χ1v) is 7.34. The predicted molar refractivity (Wildman–Crippen MR) is 86.2 cm³/mol. The van der Waals surface area contributed by atoms with Gasteiger partial charge in [0.2, 0.25) is 5.91 Å². The molecule has 1 amide bonds. The summed E-state index contributed by atoms with van der Waals surface area (Å²) >= 11 is 5.89. The maximum Gasteiger partial charge on any atom is 0.224 e. The van der Waals surface area contributed by atoms with E-state index < -0.39 is 0 Å². The van der Waals surface area contributed by atoms with Crippen molar-refractivity contribution < 1.29 is 4.79 Å². The number of nitrogens with one attached hydrogen (secondary N) is 1. The number of carbonyl (C=O) groups excluding carboxylic acids is 1. The Balaban J connectivity index is 1.74. The molecule has 0 heterocycles. The van der Waals surface area contributed by atoms with Gasteiger partial charge in [0.1, 0.15) is 0 Å². The van der Waals surface area contributed by atoms with Crippen LogP contribution in [0.3, 0.4) is 0 Å². The van der Waals surface area contributed by atoms with Gasteiger partial charge in [-0.2, -0.15) is 0 Å². The zero-order valence-corrected chi connectivity index (χ0v) is 12.5. The predicted octanol–water partition coefficient (Wildman–Crippen LogP) is 3.09. The molecule has 3 N–H and O–H groups in total.